The van der Waals surface area contributed by atoms with Crippen LogP contribution in [-0.4, -0.2) is 53.8 Å². The molecule has 26 heavy (non-hydrogen) atoms. The first-order valence-electron chi connectivity index (χ1n) is 8.12. The second kappa shape index (κ2) is 7.32. The number of aromatic nitrogens is 2. The molecule has 0 radical (unpaired) electrons. The van der Waals surface area contributed by atoms with Crippen molar-refractivity contribution in [3.8, 4) is 11.4 Å². The molecule has 140 valence electrons. The monoisotopic (exact) mass is 395 g/mol. The summed E-state index contributed by atoms with van der Waals surface area (Å²) >= 11 is 1.30. The van der Waals surface area contributed by atoms with Gasteiger partial charge >= 0.3 is 0 Å². The van der Waals surface area contributed by atoms with Gasteiger partial charge in [-0.05, 0) is 25.5 Å². The van der Waals surface area contributed by atoms with Crippen molar-refractivity contribution in [2.45, 2.75) is 24.0 Å². The first kappa shape index (κ1) is 18.8. The molecule has 0 spiro atoms. The van der Waals surface area contributed by atoms with E-state index in [2.05, 4.69) is 10.3 Å². The number of ether oxygens (including phenoxy) is 1. The van der Waals surface area contributed by atoms with Gasteiger partial charge in [-0.3, -0.25) is 9.36 Å². The third-order valence-corrected chi connectivity index (χ3v) is 7.09. The van der Waals surface area contributed by atoms with Crippen LogP contribution < -0.4 is 10.1 Å². The van der Waals surface area contributed by atoms with Crippen molar-refractivity contribution in [2.24, 2.45) is 0 Å². The Balaban J connectivity index is 1.64. The van der Waals surface area contributed by atoms with E-state index in [0.717, 1.165) is 11.4 Å². The number of nitrogens with one attached hydrogen (secondary N) is 1. The van der Waals surface area contributed by atoms with Gasteiger partial charge in [-0.15, -0.1) is 0 Å². The van der Waals surface area contributed by atoms with Crippen LogP contribution in [0.15, 0.2) is 41.8 Å². The van der Waals surface area contributed by atoms with Crippen molar-refractivity contribution >= 4 is 27.5 Å². The zero-order chi connectivity index (χ0) is 18.8. The summed E-state index contributed by atoms with van der Waals surface area (Å²) < 4.78 is 30.4. The summed E-state index contributed by atoms with van der Waals surface area (Å²) in [5.41, 5.74) is 0.206. The van der Waals surface area contributed by atoms with Gasteiger partial charge in [0.25, 0.3) is 0 Å². The Labute approximate surface area is 157 Å². The molecule has 1 aliphatic rings. The zero-order valence-electron chi connectivity index (χ0n) is 14.6. The van der Waals surface area contributed by atoms with Crippen LogP contribution in [0.2, 0.25) is 0 Å². The molecule has 0 aliphatic carbocycles. The summed E-state index contributed by atoms with van der Waals surface area (Å²) in [7, 11) is -1.45. The molecule has 1 aromatic heterocycles. The van der Waals surface area contributed by atoms with Gasteiger partial charge in [-0.2, -0.15) is 0 Å². The van der Waals surface area contributed by atoms with E-state index in [1.54, 1.807) is 20.2 Å². The Morgan fingerprint density at radius 3 is 2.96 bits per heavy atom. The third-order valence-electron chi connectivity index (χ3n) is 4.22. The fourth-order valence-corrected chi connectivity index (χ4v) is 5.83. The lowest BCUT2D eigenvalue weighted by molar-refractivity contribution is -0.120. The predicted molar refractivity (Wildman–Crippen MR) is 101 cm³/mol. The topological polar surface area (TPSA) is 90.3 Å². The summed E-state index contributed by atoms with van der Waals surface area (Å²) in [5.74, 6) is 0.817. The summed E-state index contributed by atoms with van der Waals surface area (Å²) in [6.45, 7) is 1.78. The van der Waals surface area contributed by atoms with Crippen LogP contribution in [0.3, 0.4) is 0 Å². The maximum atomic E-state index is 12.3. The first-order valence-corrected chi connectivity index (χ1v) is 10.9. The fourth-order valence-electron chi connectivity index (χ4n) is 2.97. The van der Waals surface area contributed by atoms with Crippen molar-refractivity contribution in [1.29, 1.82) is 0 Å². The Morgan fingerprint density at radius 1 is 1.46 bits per heavy atom. The summed E-state index contributed by atoms with van der Waals surface area (Å²) in [5, 5.41) is 3.53. The number of sulfone groups is 1. The van der Waals surface area contributed by atoms with Gasteiger partial charge in [0.05, 0.1) is 35.6 Å². The number of hydrogen-bond donors (Lipinski definition) is 1. The van der Waals surface area contributed by atoms with Gasteiger partial charge in [0.1, 0.15) is 5.75 Å². The molecular weight excluding hydrogens is 374 g/mol. The number of carbonyl (C=O) groups excluding carboxylic acids is 1. The Kier molecular flexibility index (Phi) is 5.29. The SMILES string of the molecule is COc1cccc(-n2ccnc2SCC(=O)NC2(C)CCS(=O)(=O)C2)c1. The molecule has 0 saturated carbocycles. The lowest BCUT2D eigenvalue weighted by atomic mass is 10.0. The Morgan fingerprint density at radius 2 is 2.27 bits per heavy atom. The van der Waals surface area contributed by atoms with Gasteiger partial charge < -0.3 is 10.1 Å². The van der Waals surface area contributed by atoms with Crippen molar-refractivity contribution < 1.29 is 17.9 Å². The molecule has 1 aliphatic heterocycles. The Bertz CT molecular complexity index is 910. The number of carbonyl (C=O) groups is 1. The van der Waals surface area contributed by atoms with Gasteiger partial charge in [0.15, 0.2) is 15.0 Å². The van der Waals surface area contributed by atoms with Gasteiger partial charge in [0.2, 0.25) is 5.91 Å². The number of benzene rings is 1. The molecule has 2 aromatic rings. The summed E-state index contributed by atoms with van der Waals surface area (Å²) in [6, 6.07) is 7.56. The number of imidazole rings is 1. The second-order valence-electron chi connectivity index (χ2n) is 6.52. The highest BCUT2D eigenvalue weighted by atomic mass is 32.2. The number of rotatable bonds is 6. The largest absolute Gasteiger partial charge is 0.497 e. The van der Waals surface area contributed by atoms with Crippen molar-refractivity contribution in [2.75, 3.05) is 24.4 Å². The molecule has 9 heteroatoms. The van der Waals surface area contributed by atoms with Crippen LogP contribution in [0.5, 0.6) is 5.75 Å². The molecule has 7 nitrogen and oxygen atoms in total. The summed E-state index contributed by atoms with van der Waals surface area (Å²) in [4.78, 5) is 16.6. The molecule has 1 saturated heterocycles. The molecule has 2 heterocycles. The molecule has 1 aromatic carbocycles. The standard InChI is InChI=1S/C17H21N3O4S2/c1-17(6-9-26(22,23)12-17)19-15(21)11-25-16-18-7-8-20(16)13-4-3-5-14(10-13)24-2/h3-5,7-8,10H,6,9,11-12H2,1-2H3,(H,19,21). The minimum Gasteiger partial charge on any atom is -0.497 e. The third kappa shape index (κ3) is 4.39. The normalized spacial score (nSPS) is 21.5. The van der Waals surface area contributed by atoms with Crippen molar-refractivity contribution in [1.82, 2.24) is 14.9 Å². The second-order valence-corrected chi connectivity index (χ2v) is 9.65. The molecule has 3 rings (SSSR count). The zero-order valence-corrected chi connectivity index (χ0v) is 16.3. The number of thioether (sulfide) groups is 1. The molecule has 1 fully saturated rings. The van der Waals surface area contributed by atoms with Crippen LogP contribution in [0.25, 0.3) is 5.69 Å². The van der Waals surface area contributed by atoms with Crippen molar-refractivity contribution in [3.63, 3.8) is 0 Å². The van der Waals surface area contributed by atoms with E-state index in [1.165, 1.54) is 11.8 Å². The minimum atomic E-state index is -3.06. The first-order chi connectivity index (χ1) is 12.3. The molecule has 1 amide bonds. The van der Waals surface area contributed by atoms with Gasteiger partial charge in [-0.1, -0.05) is 17.8 Å². The maximum Gasteiger partial charge on any atom is 0.230 e. The highest BCUT2D eigenvalue weighted by Gasteiger charge is 2.39. The van der Waals surface area contributed by atoms with E-state index in [4.69, 9.17) is 4.74 Å². The predicted octanol–water partition coefficient (Wildman–Crippen LogP) is 1.67. The van der Waals surface area contributed by atoms with Crippen LogP contribution in [0.1, 0.15) is 13.3 Å². The summed E-state index contributed by atoms with van der Waals surface area (Å²) in [6.07, 6.45) is 3.94. The van der Waals surface area contributed by atoms with E-state index in [9.17, 15) is 13.2 Å². The van der Waals surface area contributed by atoms with Crippen LogP contribution >= 0.6 is 11.8 Å². The molecular formula is C17H21N3O4S2. The van der Waals surface area contributed by atoms with Gasteiger partial charge in [0, 0.05) is 18.5 Å². The average Bonchev–Trinajstić information content (AvgIpc) is 3.16. The van der Waals surface area contributed by atoms with E-state index < -0.39 is 15.4 Å². The van der Waals surface area contributed by atoms with E-state index in [-0.39, 0.29) is 23.2 Å². The lowest BCUT2D eigenvalue weighted by Crippen LogP contribution is -2.47. The minimum absolute atomic E-state index is 0.00512. The smallest absolute Gasteiger partial charge is 0.230 e. The number of methoxy groups -OCH3 is 1. The van der Waals surface area contributed by atoms with Crippen LogP contribution in [0.4, 0.5) is 0 Å². The van der Waals surface area contributed by atoms with Crippen molar-refractivity contribution in [3.05, 3.63) is 36.7 Å². The van der Waals surface area contributed by atoms with E-state index in [1.807, 2.05) is 35.0 Å². The molecule has 1 unspecified atom stereocenters. The number of amides is 1. The van der Waals surface area contributed by atoms with Crippen LogP contribution in [0, 0.1) is 0 Å². The highest BCUT2D eigenvalue weighted by Crippen LogP contribution is 2.25. The molecule has 0 bridgehead atoms. The average molecular weight is 396 g/mol. The number of nitrogens with zero attached hydrogens (tertiary/aromatic N) is 2. The molecule has 1 N–H and O–H groups in total. The highest BCUT2D eigenvalue weighted by molar-refractivity contribution is 7.99. The lowest BCUT2D eigenvalue weighted by Gasteiger charge is -2.23. The van der Waals surface area contributed by atoms with E-state index in [0.29, 0.717) is 11.6 Å². The maximum absolute atomic E-state index is 12.3. The fraction of sp³-hybridized carbons (Fsp3) is 0.412. The van der Waals surface area contributed by atoms with E-state index >= 15 is 0 Å². The number of hydrogen-bond acceptors (Lipinski definition) is 6. The Hall–Kier alpha value is -2.00. The molecule has 1 atom stereocenters. The van der Waals surface area contributed by atoms with Gasteiger partial charge in [-0.25, -0.2) is 13.4 Å². The van der Waals surface area contributed by atoms with Crippen LogP contribution in [-0.2, 0) is 14.6 Å². The quantitative estimate of drug-likeness (QED) is 0.748.